The van der Waals surface area contributed by atoms with Gasteiger partial charge in [0.25, 0.3) is 5.56 Å². The maximum absolute atomic E-state index is 12.0. The quantitative estimate of drug-likeness (QED) is 0.516. The van der Waals surface area contributed by atoms with Gasteiger partial charge in [0.05, 0.1) is 0 Å². The van der Waals surface area contributed by atoms with E-state index in [0.29, 0.717) is 11.6 Å². The highest BCUT2D eigenvalue weighted by Gasteiger charge is 2.08. The first-order chi connectivity index (χ1) is 10.8. The summed E-state index contributed by atoms with van der Waals surface area (Å²) in [6.07, 6.45) is 9.38. The molecular formula is C16H17N5O. The molecule has 1 atom stereocenters. The molecule has 22 heavy (non-hydrogen) atoms. The molecule has 1 aromatic heterocycles. The molecule has 1 aliphatic rings. The highest BCUT2D eigenvalue weighted by Crippen LogP contribution is 2.15. The lowest BCUT2D eigenvalue weighted by atomic mass is 9.96. The van der Waals surface area contributed by atoms with Crippen LogP contribution in [0.5, 0.6) is 0 Å². The fourth-order valence-electron chi connectivity index (χ4n) is 2.33. The van der Waals surface area contributed by atoms with Crippen LogP contribution in [0.1, 0.15) is 19.3 Å². The van der Waals surface area contributed by atoms with Gasteiger partial charge < -0.3 is 0 Å². The van der Waals surface area contributed by atoms with Gasteiger partial charge in [0.15, 0.2) is 5.69 Å². The highest BCUT2D eigenvalue weighted by molar-refractivity contribution is 5.62. The molecule has 0 bridgehead atoms. The predicted molar refractivity (Wildman–Crippen MR) is 86.7 cm³/mol. The van der Waals surface area contributed by atoms with E-state index in [1.165, 1.54) is 0 Å². The van der Waals surface area contributed by atoms with Crippen LogP contribution in [0.2, 0.25) is 0 Å². The zero-order valence-electron chi connectivity index (χ0n) is 12.1. The van der Waals surface area contributed by atoms with Crippen molar-refractivity contribution in [1.29, 1.82) is 0 Å². The maximum atomic E-state index is 12.0. The van der Waals surface area contributed by atoms with Crippen LogP contribution in [0.4, 0.5) is 5.95 Å². The van der Waals surface area contributed by atoms with E-state index in [2.05, 4.69) is 37.9 Å². The Bertz CT molecular complexity index is 736. The van der Waals surface area contributed by atoms with E-state index in [4.69, 9.17) is 0 Å². The van der Waals surface area contributed by atoms with Crippen molar-refractivity contribution < 1.29 is 0 Å². The molecule has 6 heteroatoms. The zero-order valence-corrected chi connectivity index (χ0v) is 12.1. The number of rotatable bonds is 4. The number of anilines is 1. The molecular weight excluding hydrogens is 278 g/mol. The van der Waals surface area contributed by atoms with Crippen LogP contribution in [0.15, 0.2) is 52.4 Å². The highest BCUT2D eigenvalue weighted by atomic mass is 16.1. The molecule has 2 aromatic rings. The lowest BCUT2D eigenvalue weighted by Crippen LogP contribution is -2.15. The van der Waals surface area contributed by atoms with Crippen molar-refractivity contribution in [2.24, 2.45) is 11.0 Å². The van der Waals surface area contributed by atoms with Crippen molar-refractivity contribution in [1.82, 2.24) is 15.2 Å². The Kier molecular flexibility index (Phi) is 4.38. The molecule has 3 rings (SSSR count). The number of hydrogen-bond donors (Lipinski definition) is 2. The lowest BCUT2D eigenvalue weighted by Gasteiger charge is -2.11. The average molecular weight is 295 g/mol. The van der Waals surface area contributed by atoms with Gasteiger partial charge in [-0.15, -0.1) is 10.2 Å². The molecule has 6 nitrogen and oxygen atoms in total. The number of hydrazone groups is 1. The Morgan fingerprint density at radius 3 is 2.82 bits per heavy atom. The summed E-state index contributed by atoms with van der Waals surface area (Å²) < 4.78 is 0. The van der Waals surface area contributed by atoms with Crippen molar-refractivity contribution in [3.05, 3.63) is 52.8 Å². The molecule has 0 saturated heterocycles. The first-order valence-electron chi connectivity index (χ1n) is 7.29. The topological polar surface area (TPSA) is 83.0 Å². The Morgan fingerprint density at radius 1 is 1.23 bits per heavy atom. The third kappa shape index (κ3) is 3.46. The minimum absolute atomic E-state index is 0.243. The Hall–Kier alpha value is -2.76. The predicted octanol–water partition coefficient (Wildman–Crippen LogP) is 2.59. The summed E-state index contributed by atoms with van der Waals surface area (Å²) in [5.41, 5.74) is 3.47. The largest absolute Gasteiger partial charge is 0.288 e. The third-order valence-electron chi connectivity index (χ3n) is 3.51. The number of nitrogens with zero attached hydrogens (tertiary/aromatic N) is 3. The summed E-state index contributed by atoms with van der Waals surface area (Å²) in [6, 6.07) is 9.23. The molecule has 0 aliphatic heterocycles. The van der Waals surface area contributed by atoms with Gasteiger partial charge in [0, 0.05) is 11.8 Å². The number of nitrogens with one attached hydrogen (secondary N) is 2. The molecule has 1 aromatic carbocycles. The number of allylic oxidation sites excluding steroid dienone is 2. The Labute approximate surface area is 128 Å². The fraction of sp³-hybridized carbons (Fsp3) is 0.250. The summed E-state index contributed by atoms with van der Waals surface area (Å²) in [7, 11) is 0. The lowest BCUT2D eigenvalue weighted by molar-refractivity contribution is 0.627. The van der Waals surface area contributed by atoms with E-state index in [0.717, 1.165) is 24.8 Å². The smallest absolute Gasteiger partial charge is 0.279 e. The molecule has 0 spiro atoms. The molecule has 0 amide bonds. The number of aromatic nitrogens is 3. The zero-order chi connectivity index (χ0) is 15.2. The summed E-state index contributed by atoms with van der Waals surface area (Å²) in [5.74, 6) is 0.674. The first-order valence-corrected chi connectivity index (χ1v) is 7.29. The van der Waals surface area contributed by atoms with Crippen molar-refractivity contribution >= 4 is 12.2 Å². The van der Waals surface area contributed by atoms with E-state index in [1.54, 1.807) is 0 Å². The monoisotopic (exact) mass is 295 g/mol. The molecule has 2 N–H and O–H groups in total. The van der Waals surface area contributed by atoms with Gasteiger partial charge >= 0.3 is 0 Å². The van der Waals surface area contributed by atoms with Gasteiger partial charge in [-0.25, -0.2) is 5.43 Å². The van der Waals surface area contributed by atoms with Gasteiger partial charge in [-0.3, -0.25) is 9.78 Å². The third-order valence-corrected chi connectivity index (χ3v) is 3.51. The molecule has 0 radical (unpaired) electrons. The van der Waals surface area contributed by atoms with Crippen LogP contribution >= 0.6 is 0 Å². The number of aromatic amines is 1. The van der Waals surface area contributed by atoms with Crippen molar-refractivity contribution in [3.63, 3.8) is 0 Å². The molecule has 0 saturated carbocycles. The summed E-state index contributed by atoms with van der Waals surface area (Å²) in [6.45, 7) is 0. The van der Waals surface area contributed by atoms with Gasteiger partial charge in [-0.2, -0.15) is 5.10 Å². The van der Waals surface area contributed by atoms with Crippen LogP contribution in [0, 0.1) is 5.92 Å². The summed E-state index contributed by atoms with van der Waals surface area (Å²) >= 11 is 0. The second-order valence-corrected chi connectivity index (χ2v) is 5.15. The van der Waals surface area contributed by atoms with Gasteiger partial charge in [0.1, 0.15) is 0 Å². The van der Waals surface area contributed by atoms with E-state index in [9.17, 15) is 4.79 Å². The molecule has 1 aliphatic carbocycles. The SMILES string of the molecule is O=c1[nH]c(N/N=C\[C@@H]2CC=CCC2)nnc1-c1ccccc1. The van der Waals surface area contributed by atoms with Crippen LogP contribution in [0.25, 0.3) is 11.3 Å². The maximum Gasteiger partial charge on any atom is 0.279 e. The molecule has 1 heterocycles. The average Bonchev–Trinajstić information content (AvgIpc) is 2.57. The molecule has 112 valence electrons. The molecule has 0 fully saturated rings. The number of H-pyrrole nitrogens is 1. The summed E-state index contributed by atoms with van der Waals surface area (Å²) in [4.78, 5) is 14.7. The second-order valence-electron chi connectivity index (χ2n) is 5.15. The normalized spacial score (nSPS) is 17.7. The Morgan fingerprint density at radius 2 is 2.09 bits per heavy atom. The van der Waals surface area contributed by atoms with Crippen molar-refractivity contribution in [3.8, 4) is 11.3 Å². The minimum Gasteiger partial charge on any atom is -0.288 e. The van der Waals surface area contributed by atoms with E-state index < -0.39 is 0 Å². The Balaban J connectivity index is 1.68. The van der Waals surface area contributed by atoms with Gasteiger partial charge in [-0.1, -0.05) is 42.5 Å². The standard InChI is InChI=1S/C16H17N5O/c22-15-14(13-9-5-2-6-10-13)19-21-16(18-15)20-17-11-12-7-3-1-4-8-12/h1-3,5-6,9-12H,4,7-8H2,(H2,18,20,21,22)/b17-11-/t12-/m1/s1. The van der Waals surface area contributed by atoms with E-state index in [-0.39, 0.29) is 11.5 Å². The minimum atomic E-state index is -0.292. The van der Waals surface area contributed by atoms with Crippen LogP contribution in [-0.2, 0) is 0 Å². The van der Waals surface area contributed by atoms with E-state index in [1.807, 2.05) is 36.5 Å². The number of benzene rings is 1. The van der Waals surface area contributed by atoms with Crippen molar-refractivity contribution in [2.75, 3.05) is 5.43 Å². The van der Waals surface area contributed by atoms with Crippen molar-refractivity contribution in [2.45, 2.75) is 19.3 Å². The summed E-state index contributed by atoms with van der Waals surface area (Å²) in [5, 5.41) is 12.1. The van der Waals surface area contributed by atoms with Gasteiger partial charge in [0.2, 0.25) is 5.95 Å². The number of hydrogen-bond acceptors (Lipinski definition) is 5. The van der Waals surface area contributed by atoms with Crippen LogP contribution in [-0.4, -0.2) is 21.4 Å². The van der Waals surface area contributed by atoms with Crippen LogP contribution in [0.3, 0.4) is 0 Å². The molecule has 0 unspecified atom stereocenters. The van der Waals surface area contributed by atoms with Gasteiger partial charge in [-0.05, 0) is 25.2 Å². The van der Waals surface area contributed by atoms with Crippen LogP contribution < -0.4 is 11.0 Å². The van der Waals surface area contributed by atoms with E-state index >= 15 is 0 Å². The second kappa shape index (κ2) is 6.80. The first kappa shape index (κ1) is 14.2. The fourth-order valence-corrected chi connectivity index (χ4v) is 2.33.